The zero-order valence-corrected chi connectivity index (χ0v) is 4.98. The summed E-state index contributed by atoms with van der Waals surface area (Å²) in [5, 5.41) is 8.72. The van der Waals surface area contributed by atoms with E-state index in [0.29, 0.717) is 0 Å². The molecule has 0 bridgehead atoms. The van der Waals surface area contributed by atoms with Gasteiger partial charge in [0, 0.05) is 0 Å². The maximum absolute atomic E-state index is 10.5. The lowest BCUT2D eigenvalue weighted by Gasteiger charge is -2.00. The molecule has 0 atom stereocenters. The topological polar surface area (TPSA) is 107 Å². The Labute approximate surface area is 55.7 Å². The molecule has 0 aromatic carbocycles. The largest absolute Gasteiger partial charge is 0.422 e. The number of nitrogens with zero attached hydrogens (tertiary/aromatic N) is 2. The van der Waals surface area contributed by atoms with Crippen molar-refractivity contribution in [2.75, 3.05) is 11.5 Å². The predicted molar refractivity (Wildman–Crippen MR) is 34.5 cm³/mol. The minimum atomic E-state index is -0.841. The lowest BCUT2D eigenvalue weighted by molar-refractivity contribution is 0.177. The number of nitrogen functional groups attached to an aromatic ring is 2. The predicted octanol–water partition coefficient (Wildman–Crippen LogP) is -1.35. The van der Waals surface area contributed by atoms with Crippen molar-refractivity contribution in [2.24, 2.45) is 0 Å². The maximum atomic E-state index is 10.5. The second-order valence-electron chi connectivity index (χ2n) is 1.69. The molecule has 0 radical (unpaired) electrons. The summed E-state index contributed by atoms with van der Waals surface area (Å²) in [5.74, 6) is -0.194. The second kappa shape index (κ2) is 1.90. The molecule has 0 saturated carbocycles. The van der Waals surface area contributed by atoms with Crippen LogP contribution in [0.25, 0.3) is 0 Å². The quantitative estimate of drug-likeness (QED) is 0.388. The first-order chi connectivity index (χ1) is 4.63. The fourth-order valence-electron chi connectivity index (χ4n) is 0.471. The highest BCUT2D eigenvalue weighted by molar-refractivity contribution is 5.55. The first kappa shape index (κ1) is 6.40. The van der Waals surface area contributed by atoms with E-state index in [-0.39, 0.29) is 16.2 Å². The van der Waals surface area contributed by atoms with Crippen LogP contribution in [-0.2, 0) is 0 Å². The van der Waals surface area contributed by atoms with Crippen LogP contribution >= 0.6 is 0 Å². The van der Waals surface area contributed by atoms with Crippen LogP contribution in [0.1, 0.15) is 0 Å². The van der Waals surface area contributed by atoms with Gasteiger partial charge in [0.05, 0.1) is 11.9 Å². The molecule has 0 amide bonds. The van der Waals surface area contributed by atoms with Crippen molar-refractivity contribution < 1.29 is 5.21 Å². The molecule has 0 saturated heterocycles. The van der Waals surface area contributed by atoms with Gasteiger partial charge in [-0.1, -0.05) is 0 Å². The molecule has 0 aliphatic rings. The molecular formula is C4H6N4O2. The van der Waals surface area contributed by atoms with Gasteiger partial charge in [-0.2, -0.15) is 4.98 Å². The fourth-order valence-corrected chi connectivity index (χ4v) is 0.471. The van der Waals surface area contributed by atoms with Crippen LogP contribution in [0.2, 0.25) is 0 Å². The van der Waals surface area contributed by atoms with Crippen LogP contribution in [0.15, 0.2) is 11.0 Å². The molecule has 0 aliphatic heterocycles. The Bertz CT molecular complexity index is 305. The molecule has 0 spiro atoms. The van der Waals surface area contributed by atoms with Crippen molar-refractivity contribution in [3.8, 4) is 0 Å². The number of aromatic nitrogens is 2. The Morgan fingerprint density at radius 3 is 2.70 bits per heavy atom. The number of anilines is 2. The van der Waals surface area contributed by atoms with E-state index in [1.165, 1.54) is 0 Å². The summed E-state index contributed by atoms with van der Waals surface area (Å²) in [7, 11) is 0. The van der Waals surface area contributed by atoms with E-state index in [9.17, 15) is 4.79 Å². The van der Waals surface area contributed by atoms with Gasteiger partial charge >= 0.3 is 5.69 Å². The summed E-state index contributed by atoms with van der Waals surface area (Å²) >= 11 is 0. The monoisotopic (exact) mass is 142 g/mol. The van der Waals surface area contributed by atoms with Crippen molar-refractivity contribution in [1.29, 1.82) is 0 Å². The van der Waals surface area contributed by atoms with Crippen molar-refractivity contribution in [1.82, 2.24) is 9.71 Å². The van der Waals surface area contributed by atoms with Crippen molar-refractivity contribution >= 4 is 11.5 Å². The molecule has 1 rings (SSSR count). The first-order valence-electron chi connectivity index (χ1n) is 2.45. The molecule has 54 valence electrons. The van der Waals surface area contributed by atoms with Crippen LogP contribution in [0.4, 0.5) is 11.5 Å². The Morgan fingerprint density at radius 1 is 1.60 bits per heavy atom. The van der Waals surface area contributed by atoms with E-state index in [4.69, 9.17) is 16.7 Å². The summed E-state index contributed by atoms with van der Waals surface area (Å²) in [6.07, 6.45) is 1.09. The third-order valence-corrected chi connectivity index (χ3v) is 1.02. The maximum Gasteiger partial charge on any atom is 0.382 e. The highest BCUT2D eigenvalue weighted by Gasteiger charge is 2.01. The highest BCUT2D eigenvalue weighted by atomic mass is 16.5. The minimum absolute atomic E-state index is 0.0714. The van der Waals surface area contributed by atoms with Crippen LogP contribution in [0.5, 0.6) is 0 Å². The number of rotatable bonds is 0. The van der Waals surface area contributed by atoms with Gasteiger partial charge in [-0.25, -0.2) is 4.79 Å². The third-order valence-electron chi connectivity index (χ3n) is 1.02. The van der Waals surface area contributed by atoms with Gasteiger partial charge < -0.3 is 16.7 Å². The molecule has 1 aromatic rings. The Balaban J connectivity index is 3.49. The summed E-state index contributed by atoms with van der Waals surface area (Å²) in [6, 6.07) is 0. The van der Waals surface area contributed by atoms with Crippen molar-refractivity contribution in [2.45, 2.75) is 0 Å². The summed E-state index contributed by atoms with van der Waals surface area (Å²) in [5.41, 5.74) is 9.54. The molecule has 1 heterocycles. The molecule has 0 fully saturated rings. The molecule has 1 aromatic heterocycles. The number of hydrogen-bond donors (Lipinski definition) is 3. The van der Waals surface area contributed by atoms with Crippen LogP contribution in [-0.4, -0.2) is 14.9 Å². The number of hydrogen-bond acceptors (Lipinski definition) is 5. The van der Waals surface area contributed by atoms with E-state index < -0.39 is 5.69 Å². The minimum Gasteiger partial charge on any atom is -0.422 e. The summed E-state index contributed by atoms with van der Waals surface area (Å²) in [6.45, 7) is 0. The van der Waals surface area contributed by atoms with Gasteiger partial charge in [-0.3, -0.25) is 0 Å². The van der Waals surface area contributed by atoms with Gasteiger partial charge in [0.15, 0.2) is 5.82 Å². The molecular weight excluding hydrogens is 136 g/mol. The Kier molecular flexibility index (Phi) is 1.22. The van der Waals surface area contributed by atoms with Gasteiger partial charge in [0.2, 0.25) is 0 Å². The first-order valence-corrected chi connectivity index (χ1v) is 2.45. The molecule has 6 nitrogen and oxygen atoms in total. The fraction of sp³-hybridized carbons (Fsp3) is 0. The Morgan fingerprint density at radius 2 is 2.20 bits per heavy atom. The molecule has 0 unspecified atom stereocenters. The van der Waals surface area contributed by atoms with E-state index >= 15 is 0 Å². The average Bonchev–Trinajstić information content (AvgIpc) is 1.93. The van der Waals surface area contributed by atoms with Crippen molar-refractivity contribution in [3.63, 3.8) is 0 Å². The average molecular weight is 142 g/mol. The Hall–Kier alpha value is -1.72. The van der Waals surface area contributed by atoms with Crippen molar-refractivity contribution in [3.05, 3.63) is 16.7 Å². The normalized spacial score (nSPS) is 9.60. The highest BCUT2D eigenvalue weighted by Crippen LogP contribution is 2.05. The molecule has 6 heteroatoms. The van der Waals surface area contributed by atoms with Gasteiger partial charge in [-0.15, -0.1) is 4.73 Å². The molecule has 10 heavy (non-hydrogen) atoms. The SMILES string of the molecule is Nc1cnc(=O)n(O)c1N. The molecule has 5 N–H and O–H groups in total. The van der Waals surface area contributed by atoms with E-state index in [0.717, 1.165) is 6.20 Å². The second-order valence-corrected chi connectivity index (χ2v) is 1.69. The number of nitrogens with two attached hydrogens (primary N) is 2. The van der Waals surface area contributed by atoms with Gasteiger partial charge in [0.25, 0.3) is 0 Å². The lowest BCUT2D eigenvalue weighted by atomic mass is 10.5. The third kappa shape index (κ3) is 0.750. The zero-order chi connectivity index (χ0) is 7.72. The summed E-state index contributed by atoms with van der Waals surface area (Å²) < 4.78 is 0.190. The van der Waals surface area contributed by atoms with Crippen LogP contribution < -0.4 is 17.2 Å². The molecule has 0 aliphatic carbocycles. The van der Waals surface area contributed by atoms with Gasteiger partial charge in [0.1, 0.15) is 0 Å². The standard InChI is InChI=1S/C4H6N4O2/c5-2-1-7-4(9)8(10)3(2)6/h1,10H,5-6H2. The van der Waals surface area contributed by atoms with Crippen LogP contribution in [0.3, 0.4) is 0 Å². The van der Waals surface area contributed by atoms with E-state index in [1.807, 2.05) is 0 Å². The smallest absolute Gasteiger partial charge is 0.382 e. The van der Waals surface area contributed by atoms with E-state index in [1.54, 1.807) is 0 Å². The summed E-state index contributed by atoms with van der Waals surface area (Å²) in [4.78, 5) is 13.6. The van der Waals surface area contributed by atoms with Gasteiger partial charge in [-0.05, 0) is 0 Å². The lowest BCUT2D eigenvalue weighted by Crippen LogP contribution is -2.24. The van der Waals surface area contributed by atoms with E-state index in [2.05, 4.69) is 4.98 Å². The zero-order valence-electron chi connectivity index (χ0n) is 4.98. The van der Waals surface area contributed by atoms with Crippen LogP contribution in [0, 0.1) is 0 Å².